The standard InChI is InChI=1S/C28H38N2O/c1-27(2)15-6-17-30(27)18-14-22-9-11-25(12-10-22)28(31)16-13-24-20-29(21-26(24)28)19-23-7-4-3-5-8-23/h3-5,7-12,24,26,31H,6,13-21H2,1-2H3/t24-,26?,28?/m0/s1. The van der Waals surface area contributed by atoms with E-state index in [4.69, 9.17) is 0 Å². The first-order valence-corrected chi connectivity index (χ1v) is 12.3. The average Bonchev–Trinajstić information content (AvgIpc) is 3.42. The summed E-state index contributed by atoms with van der Waals surface area (Å²) < 4.78 is 0. The smallest absolute Gasteiger partial charge is 0.0940 e. The Morgan fingerprint density at radius 2 is 1.71 bits per heavy atom. The number of fused-ring (bicyclic) bond motifs is 1. The molecule has 1 saturated carbocycles. The Labute approximate surface area is 188 Å². The number of hydrogen-bond acceptors (Lipinski definition) is 3. The molecule has 3 atom stereocenters. The zero-order chi connectivity index (χ0) is 21.5. The van der Waals surface area contributed by atoms with Crippen molar-refractivity contribution in [3.8, 4) is 0 Å². The van der Waals surface area contributed by atoms with E-state index in [1.807, 2.05) is 0 Å². The lowest BCUT2D eigenvalue weighted by molar-refractivity contribution is -0.00684. The van der Waals surface area contributed by atoms with E-state index in [2.05, 4.69) is 78.2 Å². The molecule has 3 aliphatic rings. The van der Waals surface area contributed by atoms with Crippen molar-refractivity contribution in [2.45, 2.75) is 63.6 Å². The Bertz CT molecular complexity index is 878. The molecule has 0 bridgehead atoms. The van der Waals surface area contributed by atoms with Crippen molar-refractivity contribution in [1.82, 2.24) is 9.80 Å². The fourth-order valence-electron chi connectivity index (χ4n) is 6.52. The van der Waals surface area contributed by atoms with Gasteiger partial charge in [-0.2, -0.15) is 0 Å². The second-order valence-corrected chi connectivity index (χ2v) is 10.9. The summed E-state index contributed by atoms with van der Waals surface area (Å²) >= 11 is 0. The van der Waals surface area contributed by atoms with Gasteiger partial charge in [-0.05, 0) is 75.1 Å². The van der Waals surface area contributed by atoms with Gasteiger partial charge in [0.15, 0.2) is 0 Å². The van der Waals surface area contributed by atoms with Crippen LogP contribution in [0.2, 0.25) is 0 Å². The van der Waals surface area contributed by atoms with Gasteiger partial charge in [-0.1, -0.05) is 54.6 Å². The molecule has 0 radical (unpaired) electrons. The first-order valence-electron chi connectivity index (χ1n) is 12.3. The van der Waals surface area contributed by atoms with Gasteiger partial charge in [-0.15, -0.1) is 0 Å². The summed E-state index contributed by atoms with van der Waals surface area (Å²) in [5.74, 6) is 0.971. The molecule has 31 heavy (non-hydrogen) atoms. The van der Waals surface area contributed by atoms with Crippen LogP contribution in [0, 0.1) is 11.8 Å². The molecule has 1 N–H and O–H groups in total. The van der Waals surface area contributed by atoms with Crippen molar-refractivity contribution in [2.75, 3.05) is 26.2 Å². The molecular formula is C28H38N2O. The molecule has 0 aromatic heterocycles. The highest BCUT2D eigenvalue weighted by Gasteiger charge is 2.52. The highest BCUT2D eigenvalue weighted by Crippen LogP contribution is 2.50. The van der Waals surface area contributed by atoms with E-state index in [0.29, 0.717) is 17.4 Å². The summed E-state index contributed by atoms with van der Waals surface area (Å²) in [5, 5.41) is 11.7. The third-order valence-corrected chi connectivity index (χ3v) is 8.47. The molecule has 166 valence electrons. The third kappa shape index (κ3) is 4.20. The van der Waals surface area contributed by atoms with E-state index < -0.39 is 5.60 Å². The number of nitrogens with zero attached hydrogens (tertiary/aromatic N) is 2. The van der Waals surface area contributed by atoms with Crippen LogP contribution in [-0.4, -0.2) is 46.6 Å². The van der Waals surface area contributed by atoms with Crippen molar-refractivity contribution < 1.29 is 5.11 Å². The van der Waals surface area contributed by atoms with Crippen LogP contribution >= 0.6 is 0 Å². The summed E-state index contributed by atoms with van der Waals surface area (Å²) in [5.41, 5.74) is 3.58. The van der Waals surface area contributed by atoms with E-state index in [1.54, 1.807) is 0 Å². The normalized spacial score (nSPS) is 30.7. The van der Waals surface area contributed by atoms with E-state index >= 15 is 0 Å². The summed E-state index contributed by atoms with van der Waals surface area (Å²) in [4.78, 5) is 5.18. The number of benzene rings is 2. The average molecular weight is 419 g/mol. The maximum absolute atomic E-state index is 11.7. The van der Waals surface area contributed by atoms with Crippen molar-refractivity contribution in [3.05, 3.63) is 71.3 Å². The first-order chi connectivity index (χ1) is 14.9. The molecule has 3 fully saturated rings. The number of aliphatic hydroxyl groups is 1. The van der Waals surface area contributed by atoms with Crippen molar-refractivity contribution in [2.24, 2.45) is 11.8 Å². The number of likely N-dealkylation sites (tertiary alicyclic amines) is 2. The zero-order valence-electron chi connectivity index (χ0n) is 19.3. The van der Waals surface area contributed by atoms with E-state index in [-0.39, 0.29) is 0 Å². The molecule has 3 heteroatoms. The maximum Gasteiger partial charge on any atom is 0.0940 e. The van der Waals surface area contributed by atoms with Gasteiger partial charge in [0.25, 0.3) is 0 Å². The van der Waals surface area contributed by atoms with Crippen LogP contribution in [-0.2, 0) is 18.6 Å². The summed E-state index contributed by atoms with van der Waals surface area (Å²) in [6, 6.07) is 19.7. The molecule has 2 unspecified atom stereocenters. The SMILES string of the molecule is CC1(C)CCCN1CCc1ccc(C2(O)CC[C@H]3CN(Cc4ccccc4)CC32)cc1. The molecule has 1 aliphatic carbocycles. The Balaban J connectivity index is 1.22. The topological polar surface area (TPSA) is 26.7 Å². The molecule has 2 saturated heterocycles. The highest BCUT2D eigenvalue weighted by molar-refractivity contribution is 5.30. The Kier molecular flexibility index (Phi) is 5.70. The maximum atomic E-state index is 11.7. The molecule has 2 heterocycles. The summed E-state index contributed by atoms with van der Waals surface area (Å²) in [7, 11) is 0. The lowest BCUT2D eigenvalue weighted by atomic mass is 9.82. The molecule has 2 aliphatic heterocycles. The van der Waals surface area contributed by atoms with Gasteiger partial charge < -0.3 is 5.11 Å². The van der Waals surface area contributed by atoms with Gasteiger partial charge >= 0.3 is 0 Å². The quantitative estimate of drug-likeness (QED) is 0.728. The highest BCUT2D eigenvalue weighted by atomic mass is 16.3. The fraction of sp³-hybridized carbons (Fsp3) is 0.571. The zero-order valence-corrected chi connectivity index (χ0v) is 19.3. The van der Waals surface area contributed by atoms with Crippen LogP contribution < -0.4 is 0 Å². The van der Waals surface area contributed by atoms with Gasteiger partial charge in [-0.3, -0.25) is 9.80 Å². The van der Waals surface area contributed by atoms with Crippen molar-refractivity contribution >= 4 is 0 Å². The minimum atomic E-state index is -0.661. The molecule has 0 spiro atoms. The lowest BCUT2D eigenvalue weighted by Crippen LogP contribution is -2.39. The van der Waals surface area contributed by atoms with Crippen LogP contribution in [0.5, 0.6) is 0 Å². The lowest BCUT2D eigenvalue weighted by Gasteiger charge is -2.32. The van der Waals surface area contributed by atoms with Crippen LogP contribution in [0.4, 0.5) is 0 Å². The summed E-state index contributed by atoms with van der Waals surface area (Å²) in [6.07, 6.45) is 5.77. The van der Waals surface area contributed by atoms with Gasteiger partial charge in [0.1, 0.15) is 0 Å². The van der Waals surface area contributed by atoms with Crippen LogP contribution in [0.3, 0.4) is 0 Å². The van der Waals surface area contributed by atoms with Crippen LogP contribution in [0.15, 0.2) is 54.6 Å². The number of rotatable bonds is 6. The minimum Gasteiger partial charge on any atom is -0.385 e. The third-order valence-electron chi connectivity index (χ3n) is 8.47. The van der Waals surface area contributed by atoms with Gasteiger partial charge in [0.05, 0.1) is 5.60 Å². The van der Waals surface area contributed by atoms with E-state index in [9.17, 15) is 5.11 Å². The fourth-order valence-corrected chi connectivity index (χ4v) is 6.52. The van der Waals surface area contributed by atoms with E-state index in [1.165, 1.54) is 30.5 Å². The van der Waals surface area contributed by atoms with Gasteiger partial charge in [0, 0.05) is 37.6 Å². The van der Waals surface area contributed by atoms with Gasteiger partial charge in [0.2, 0.25) is 0 Å². The van der Waals surface area contributed by atoms with Crippen LogP contribution in [0.25, 0.3) is 0 Å². The molecule has 5 rings (SSSR count). The Hall–Kier alpha value is -1.68. The predicted molar refractivity (Wildman–Crippen MR) is 127 cm³/mol. The Morgan fingerprint density at radius 3 is 2.42 bits per heavy atom. The molecular weight excluding hydrogens is 380 g/mol. The second kappa shape index (κ2) is 8.35. The largest absolute Gasteiger partial charge is 0.385 e. The van der Waals surface area contributed by atoms with Crippen molar-refractivity contribution in [1.29, 1.82) is 0 Å². The Morgan fingerprint density at radius 1 is 0.935 bits per heavy atom. The van der Waals surface area contributed by atoms with E-state index in [0.717, 1.165) is 51.0 Å². The van der Waals surface area contributed by atoms with Gasteiger partial charge in [-0.25, -0.2) is 0 Å². The van der Waals surface area contributed by atoms with Crippen molar-refractivity contribution in [3.63, 3.8) is 0 Å². The molecule has 2 aromatic carbocycles. The molecule has 0 amide bonds. The minimum absolute atomic E-state index is 0.349. The molecule has 2 aromatic rings. The predicted octanol–water partition coefficient (Wildman–Crippen LogP) is 4.83. The summed E-state index contributed by atoms with van der Waals surface area (Å²) in [6.45, 7) is 10.2. The number of hydrogen-bond donors (Lipinski definition) is 1. The second-order valence-electron chi connectivity index (χ2n) is 10.9. The molecule has 3 nitrogen and oxygen atoms in total. The first kappa shape index (κ1) is 21.2. The monoisotopic (exact) mass is 418 g/mol. The van der Waals surface area contributed by atoms with Crippen LogP contribution in [0.1, 0.15) is 56.2 Å².